The molecule has 3 atom stereocenters. The van der Waals surface area contributed by atoms with E-state index in [1.165, 1.54) is 12.8 Å². The Morgan fingerprint density at radius 1 is 1.32 bits per heavy atom. The first-order chi connectivity index (χ1) is 10.1. The fraction of sp³-hybridized carbons (Fsp3) is 0.938. The summed E-state index contributed by atoms with van der Waals surface area (Å²) in [6.45, 7) is 12.6. The van der Waals surface area contributed by atoms with Crippen LogP contribution in [0.4, 0.5) is 0 Å². The highest BCUT2D eigenvalue weighted by atomic mass is 127. The number of likely N-dealkylation sites (N-methyl/N-ethyl adjacent to an activating group) is 1. The molecule has 0 spiro atoms. The maximum Gasteiger partial charge on any atom is 0.191 e. The van der Waals surface area contributed by atoms with Gasteiger partial charge in [-0.25, -0.2) is 0 Å². The Hall–Kier alpha value is -0.0800. The van der Waals surface area contributed by atoms with Crippen LogP contribution in [-0.2, 0) is 4.74 Å². The van der Waals surface area contributed by atoms with Crippen LogP contribution in [0.2, 0.25) is 0 Å². The first kappa shape index (κ1) is 20.0. The van der Waals surface area contributed by atoms with Gasteiger partial charge in [-0.15, -0.1) is 24.0 Å². The number of nitrogens with zero attached hydrogens (tertiary/aromatic N) is 2. The second kappa shape index (κ2) is 9.93. The highest BCUT2D eigenvalue weighted by molar-refractivity contribution is 14.0. The van der Waals surface area contributed by atoms with Gasteiger partial charge in [0.2, 0.25) is 0 Å². The van der Waals surface area contributed by atoms with Crippen molar-refractivity contribution >= 4 is 29.9 Å². The molecule has 6 heteroatoms. The van der Waals surface area contributed by atoms with Crippen molar-refractivity contribution < 1.29 is 4.74 Å². The summed E-state index contributed by atoms with van der Waals surface area (Å²) in [6.07, 6.45) is 4.42. The second-order valence-corrected chi connectivity index (χ2v) is 6.34. The molecule has 0 aromatic heterocycles. The van der Waals surface area contributed by atoms with Gasteiger partial charge < -0.3 is 15.4 Å². The fourth-order valence-corrected chi connectivity index (χ4v) is 3.36. The maximum absolute atomic E-state index is 5.90. The van der Waals surface area contributed by atoms with Crippen LogP contribution in [0.25, 0.3) is 0 Å². The van der Waals surface area contributed by atoms with Crippen LogP contribution in [0, 0.1) is 0 Å². The third-order valence-electron chi connectivity index (χ3n) is 4.57. The minimum Gasteiger partial charge on any atom is -0.373 e. The SMILES string of the molecule is CCNC(=NCCN(CC)C(C)C)NC1CC2CCC1O2.I. The minimum atomic E-state index is 0. The maximum atomic E-state index is 5.90. The van der Waals surface area contributed by atoms with Crippen molar-refractivity contribution in [3.05, 3.63) is 0 Å². The lowest BCUT2D eigenvalue weighted by molar-refractivity contribution is 0.0992. The molecule has 2 bridgehead atoms. The molecular weight excluding hydrogens is 391 g/mol. The lowest BCUT2D eigenvalue weighted by Crippen LogP contribution is -2.47. The van der Waals surface area contributed by atoms with Crippen molar-refractivity contribution in [2.24, 2.45) is 4.99 Å². The van der Waals surface area contributed by atoms with Crippen molar-refractivity contribution in [1.82, 2.24) is 15.5 Å². The normalized spacial score (nSPS) is 27.4. The van der Waals surface area contributed by atoms with E-state index < -0.39 is 0 Å². The van der Waals surface area contributed by atoms with Gasteiger partial charge in [-0.05, 0) is 46.6 Å². The lowest BCUT2D eigenvalue weighted by atomic mass is 9.96. The Kier molecular flexibility index (Phi) is 9.01. The molecular formula is C16H33IN4O. The lowest BCUT2D eigenvalue weighted by Gasteiger charge is -2.25. The molecule has 0 aromatic rings. The van der Waals surface area contributed by atoms with Crippen LogP contribution in [0.3, 0.4) is 0 Å². The summed E-state index contributed by atoms with van der Waals surface area (Å²) >= 11 is 0. The molecule has 5 nitrogen and oxygen atoms in total. The number of fused-ring (bicyclic) bond motifs is 2. The van der Waals surface area contributed by atoms with Crippen molar-refractivity contribution in [2.75, 3.05) is 26.2 Å². The van der Waals surface area contributed by atoms with Gasteiger partial charge in [0.25, 0.3) is 0 Å². The van der Waals surface area contributed by atoms with Gasteiger partial charge in [-0.2, -0.15) is 0 Å². The van der Waals surface area contributed by atoms with Gasteiger partial charge >= 0.3 is 0 Å². The largest absolute Gasteiger partial charge is 0.373 e. The Morgan fingerprint density at radius 3 is 2.59 bits per heavy atom. The van der Waals surface area contributed by atoms with E-state index in [-0.39, 0.29) is 24.0 Å². The molecule has 130 valence electrons. The summed E-state index contributed by atoms with van der Waals surface area (Å²) in [5, 5.41) is 6.92. The van der Waals surface area contributed by atoms with Gasteiger partial charge in [0.05, 0.1) is 24.8 Å². The van der Waals surface area contributed by atoms with Crippen molar-refractivity contribution in [3.63, 3.8) is 0 Å². The number of guanidine groups is 1. The van der Waals surface area contributed by atoms with E-state index in [0.717, 1.165) is 38.6 Å². The third kappa shape index (κ3) is 5.53. The molecule has 2 rings (SSSR count). The van der Waals surface area contributed by atoms with Crippen LogP contribution in [0.1, 0.15) is 47.0 Å². The number of ether oxygens (including phenoxy) is 1. The van der Waals surface area contributed by atoms with Gasteiger partial charge in [0, 0.05) is 19.1 Å². The summed E-state index contributed by atoms with van der Waals surface area (Å²) in [7, 11) is 0. The summed E-state index contributed by atoms with van der Waals surface area (Å²) in [5.74, 6) is 0.943. The van der Waals surface area contributed by atoms with Crippen LogP contribution >= 0.6 is 24.0 Å². The molecule has 0 radical (unpaired) electrons. The van der Waals surface area contributed by atoms with E-state index in [1.54, 1.807) is 0 Å². The van der Waals surface area contributed by atoms with Crippen molar-refractivity contribution in [3.8, 4) is 0 Å². The first-order valence-electron chi connectivity index (χ1n) is 8.58. The van der Waals surface area contributed by atoms with Crippen molar-refractivity contribution in [1.29, 1.82) is 0 Å². The topological polar surface area (TPSA) is 48.9 Å². The standard InChI is InChI=1S/C16H32N4O.HI/c1-5-17-16(18-9-10-20(6-2)12(3)4)19-14-11-13-7-8-15(14)21-13;/h12-15H,5-11H2,1-4H3,(H2,17,18,19);1H. The van der Waals surface area contributed by atoms with E-state index in [2.05, 4.69) is 43.2 Å². The highest BCUT2D eigenvalue weighted by Gasteiger charge is 2.41. The predicted molar refractivity (Wildman–Crippen MR) is 103 cm³/mol. The summed E-state index contributed by atoms with van der Waals surface area (Å²) in [6, 6.07) is 1.02. The molecule has 2 aliphatic heterocycles. The van der Waals surface area contributed by atoms with Crippen LogP contribution in [0.15, 0.2) is 4.99 Å². The van der Waals surface area contributed by atoms with E-state index in [1.807, 2.05) is 0 Å². The smallest absolute Gasteiger partial charge is 0.191 e. The second-order valence-electron chi connectivity index (χ2n) is 6.34. The summed E-state index contributed by atoms with van der Waals surface area (Å²) < 4.78 is 5.90. The zero-order chi connectivity index (χ0) is 15.2. The number of aliphatic imine (C=N–C) groups is 1. The van der Waals surface area contributed by atoms with Gasteiger partial charge in [0.15, 0.2) is 5.96 Å². The summed E-state index contributed by atoms with van der Waals surface area (Å²) in [5.41, 5.74) is 0. The minimum absolute atomic E-state index is 0. The molecule has 2 heterocycles. The Bertz CT molecular complexity index is 351. The van der Waals surface area contributed by atoms with Gasteiger partial charge in [0.1, 0.15) is 0 Å². The van der Waals surface area contributed by atoms with E-state index in [0.29, 0.717) is 24.3 Å². The zero-order valence-corrected chi connectivity index (χ0v) is 16.8. The Morgan fingerprint density at radius 2 is 2.09 bits per heavy atom. The first-order valence-corrected chi connectivity index (χ1v) is 8.58. The van der Waals surface area contributed by atoms with E-state index in [9.17, 15) is 0 Å². The Labute approximate surface area is 152 Å². The van der Waals surface area contributed by atoms with Crippen LogP contribution in [0.5, 0.6) is 0 Å². The van der Waals surface area contributed by atoms with Gasteiger partial charge in [-0.3, -0.25) is 9.89 Å². The van der Waals surface area contributed by atoms with E-state index >= 15 is 0 Å². The average molecular weight is 424 g/mol. The molecule has 3 unspecified atom stereocenters. The molecule has 2 fully saturated rings. The zero-order valence-electron chi connectivity index (χ0n) is 14.5. The van der Waals surface area contributed by atoms with E-state index in [4.69, 9.17) is 9.73 Å². The predicted octanol–water partition coefficient (Wildman–Crippen LogP) is 2.21. The highest BCUT2D eigenvalue weighted by Crippen LogP contribution is 2.34. The average Bonchev–Trinajstić information content (AvgIpc) is 3.05. The molecule has 0 aliphatic carbocycles. The molecule has 0 saturated carbocycles. The quantitative estimate of drug-likeness (QED) is 0.374. The Balaban J connectivity index is 0.00000242. The summed E-state index contributed by atoms with van der Waals surface area (Å²) in [4.78, 5) is 7.17. The van der Waals surface area contributed by atoms with Gasteiger partial charge in [-0.1, -0.05) is 6.92 Å². The monoisotopic (exact) mass is 424 g/mol. The number of hydrogen-bond donors (Lipinski definition) is 2. The molecule has 0 amide bonds. The third-order valence-corrected chi connectivity index (χ3v) is 4.57. The molecule has 22 heavy (non-hydrogen) atoms. The number of nitrogens with one attached hydrogen (secondary N) is 2. The number of halogens is 1. The number of hydrogen-bond acceptors (Lipinski definition) is 3. The molecule has 0 aromatic carbocycles. The fourth-order valence-electron chi connectivity index (χ4n) is 3.36. The van der Waals surface area contributed by atoms with Crippen LogP contribution < -0.4 is 10.6 Å². The number of rotatable bonds is 7. The molecule has 2 N–H and O–H groups in total. The van der Waals surface area contributed by atoms with Crippen molar-refractivity contribution in [2.45, 2.75) is 71.2 Å². The van der Waals surface area contributed by atoms with Crippen LogP contribution in [-0.4, -0.2) is 61.3 Å². The molecule has 2 aliphatic rings. The molecule has 2 saturated heterocycles.